The largest absolute Gasteiger partial charge is 0.330 e. The number of nitrogens with zero attached hydrogens (tertiary/aromatic N) is 1. The van der Waals surface area contributed by atoms with E-state index >= 15 is 0 Å². The van der Waals surface area contributed by atoms with Gasteiger partial charge in [-0.15, -0.1) is 0 Å². The maximum atomic E-state index is 6.08. The van der Waals surface area contributed by atoms with Gasteiger partial charge in [-0.2, -0.15) is 0 Å². The van der Waals surface area contributed by atoms with Crippen LogP contribution in [-0.2, 0) is 0 Å². The molecule has 3 rings (SSSR count). The Balaban J connectivity index is 1.94. The Kier molecular flexibility index (Phi) is 4.25. The van der Waals surface area contributed by atoms with Gasteiger partial charge >= 0.3 is 0 Å². The topological polar surface area (TPSA) is 29.3 Å². The van der Waals surface area contributed by atoms with Gasteiger partial charge in [0, 0.05) is 16.6 Å². The van der Waals surface area contributed by atoms with Crippen LogP contribution in [0, 0.1) is 5.92 Å². The molecular formula is C16H23BrN2. The summed E-state index contributed by atoms with van der Waals surface area (Å²) in [5, 5.41) is 0. The lowest BCUT2D eigenvalue weighted by atomic mass is 9.89. The van der Waals surface area contributed by atoms with E-state index in [4.69, 9.17) is 5.73 Å². The first-order chi connectivity index (χ1) is 9.29. The number of benzene rings is 1. The van der Waals surface area contributed by atoms with Crippen molar-refractivity contribution in [2.45, 2.75) is 44.2 Å². The van der Waals surface area contributed by atoms with Crippen molar-refractivity contribution in [2.75, 3.05) is 13.1 Å². The quantitative estimate of drug-likeness (QED) is 0.919. The van der Waals surface area contributed by atoms with Gasteiger partial charge in [-0.1, -0.05) is 34.5 Å². The molecule has 2 nitrogen and oxygen atoms in total. The molecule has 1 saturated heterocycles. The Hall–Kier alpha value is -0.380. The molecule has 2 N–H and O–H groups in total. The van der Waals surface area contributed by atoms with E-state index in [2.05, 4.69) is 45.1 Å². The van der Waals surface area contributed by atoms with Crippen LogP contribution in [0.5, 0.6) is 0 Å². The average molecular weight is 323 g/mol. The standard InChI is InChI=1S/C16H23BrN2/c17-14-6-3-5-12(10-14)16-13(11-18)4-1-2-9-19(16)15-7-8-15/h3,5-6,10,13,15-16H,1-2,4,7-9,11,18H2. The molecule has 104 valence electrons. The van der Waals surface area contributed by atoms with E-state index in [1.807, 2.05) is 0 Å². The molecule has 2 fully saturated rings. The highest BCUT2D eigenvalue weighted by Gasteiger charge is 2.38. The third-order valence-electron chi connectivity index (χ3n) is 4.55. The third-order valence-corrected chi connectivity index (χ3v) is 5.05. The smallest absolute Gasteiger partial charge is 0.0391 e. The summed E-state index contributed by atoms with van der Waals surface area (Å²) in [7, 11) is 0. The van der Waals surface area contributed by atoms with Crippen LogP contribution in [0.15, 0.2) is 28.7 Å². The van der Waals surface area contributed by atoms with E-state index in [1.54, 1.807) is 0 Å². The fraction of sp³-hybridized carbons (Fsp3) is 0.625. The van der Waals surface area contributed by atoms with Gasteiger partial charge in [-0.05, 0) is 62.4 Å². The number of likely N-dealkylation sites (tertiary alicyclic amines) is 1. The maximum absolute atomic E-state index is 6.08. The minimum Gasteiger partial charge on any atom is -0.330 e. The molecule has 1 aliphatic heterocycles. The molecule has 2 atom stereocenters. The fourth-order valence-electron chi connectivity index (χ4n) is 3.49. The van der Waals surface area contributed by atoms with E-state index < -0.39 is 0 Å². The van der Waals surface area contributed by atoms with E-state index in [9.17, 15) is 0 Å². The van der Waals surface area contributed by atoms with Crippen LogP contribution in [0.4, 0.5) is 0 Å². The highest BCUT2D eigenvalue weighted by Crippen LogP contribution is 2.42. The summed E-state index contributed by atoms with van der Waals surface area (Å²) in [5.41, 5.74) is 7.53. The van der Waals surface area contributed by atoms with Gasteiger partial charge in [0.1, 0.15) is 0 Å². The Morgan fingerprint density at radius 3 is 2.74 bits per heavy atom. The predicted octanol–water partition coefficient (Wildman–Crippen LogP) is 3.71. The van der Waals surface area contributed by atoms with Gasteiger partial charge in [-0.25, -0.2) is 0 Å². The Bertz CT molecular complexity index is 431. The normalized spacial score (nSPS) is 29.2. The van der Waals surface area contributed by atoms with Crippen molar-refractivity contribution >= 4 is 15.9 Å². The van der Waals surface area contributed by atoms with E-state index in [1.165, 1.54) is 48.7 Å². The summed E-state index contributed by atoms with van der Waals surface area (Å²) in [4.78, 5) is 2.74. The number of halogens is 1. The second-order valence-corrected chi connectivity index (χ2v) is 6.88. The maximum Gasteiger partial charge on any atom is 0.0391 e. The lowest BCUT2D eigenvalue weighted by molar-refractivity contribution is 0.149. The lowest BCUT2D eigenvalue weighted by Crippen LogP contribution is -2.37. The van der Waals surface area contributed by atoms with Crippen LogP contribution >= 0.6 is 15.9 Å². The van der Waals surface area contributed by atoms with Crippen molar-refractivity contribution < 1.29 is 0 Å². The van der Waals surface area contributed by atoms with Crippen LogP contribution in [0.1, 0.15) is 43.7 Å². The zero-order valence-corrected chi connectivity index (χ0v) is 13.0. The van der Waals surface area contributed by atoms with Crippen molar-refractivity contribution in [3.63, 3.8) is 0 Å². The molecule has 0 radical (unpaired) electrons. The first kappa shape index (κ1) is 13.6. The second kappa shape index (κ2) is 5.94. The molecule has 1 aromatic carbocycles. The third kappa shape index (κ3) is 3.04. The molecule has 2 unspecified atom stereocenters. The average Bonchev–Trinajstić information content (AvgIpc) is 3.24. The first-order valence-corrected chi connectivity index (χ1v) is 8.30. The fourth-order valence-corrected chi connectivity index (χ4v) is 3.90. The molecule has 1 aliphatic carbocycles. The summed E-state index contributed by atoms with van der Waals surface area (Å²) < 4.78 is 1.18. The SMILES string of the molecule is NCC1CCCCN(C2CC2)C1c1cccc(Br)c1. The zero-order chi connectivity index (χ0) is 13.2. The second-order valence-electron chi connectivity index (χ2n) is 5.96. The van der Waals surface area contributed by atoms with Crippen LogP contribution in [0.2, 0.25) is 0 Å². The zero-order valence-electron chi connectivity index (χ0n) is 11.4. The van der Waals surface area contributed by atoms with Crippen molar-refractivity contribution in [1.82, 2.24) is 4.90 Å². The number of rotatable bonds is 3. The highest BCUT2D eigenvalue weighted by molar-refractivity contribution is 9.10. The van der Waals surface area contributed by atoms with Crippen molar-refractivity contribution in [1.29, 1.82) is 0 Å². The van der Waals surface area contributed by atoms with Gasteiger partial charge in [0.05, 0.1) is 0 Å². The number of hydrogen-bond donors (Lipinski definition) is 1. The Labute approximate surface area is 124 Å². The van der Waals surface area contributed by atoms with Gasteiger partial charge in [0.2, 0.25) is 0 Å². The number of nitrogens with two attached hydrogens (primary N) is 1. The highest BCUT2D eigenvalue weighted by atomic mass is 79.9. The Morgan fingerprint density at radius 2 is 2.05 bits per heavy atom. The lowest BCUT2D eigenvalue weighted by Gasteiger charge is -2.35. The minimum absolute atomic E-state index is 0.525. The monoisotopic (exact) mass is 322 g/mol. The van der Waals surface area contributed by atoms with E-state index in [0.717, 1.165) is 12.6 Å². The summed E-state index contributed by atoms with van der Waals surface area (Å²) in [6, 6.07) is 10.2. The first-order valence-electron chi connectivity index (χ1n) is 7.51. The van der Waals surface area contributed by atoms with Crippen LogP contribution < -0.4 is 5.73 Å². The molecule has 3 heteroatoms. The molecule has 0 amide bonds. The van der Waals surface area contributed by atoms with Crippen LogP contribution in [0.3, 0.4) is 0 Å². The molecule has 1 saturated carbocycles. The molecule has 2 aliphatic rings. The number of hydrogen-bond acceptors (Lipinski definition) is 2. The summed E-state index contributed by atoms with van der Waals surface area (Å²) >= 11 is 3.61. The molecule has 1 heterocycles. The molecular weight excluding hydrogens is 300 g/mol. The van der Waals surface area contributed by atoms with Gasteiger partial charge in [0.15, 0.2) is 0 Å². The van der Waals surface area contributed by atoms with E-state index in [-0.39, 0.29) is 0 Å². The van der Waals surface area contributed by atoms with Gasteiger partial charge in [-0.3, -0.25) is 4.90 Å². The summed E-state index contributed by atoms with van der Waals surface area (Å²) in [6.07, 6.45) is 6.69. The van der Waals surface area contributed by atoms with Gasteiger partial charge in [0.25, 0.3) is 0 Å². The molecule has 0 aromatic heterocycles. The van der Waals surface area contributed by atoms with Gasteiger partial charge < -0.3 is 5.73 Å². The minimum atomic E-state index is 0.525. The van der Waals surface area contributed by atoms with Crippen LogP contribution in [-0.4, -0.2) is 24.0 Å². The van der Waals surface area contributed by atoms with Crippen LogP contribution in [0.25, 0.3) is 0 Å². The van der Waals surface area contributed by atoms with Crippen molar-refractivity contribution in [3.8, 4) is 0 Å². The summed E-state index contributed by atoms with van der Waals surface area (Å²) in [6.45, 7) is 2.05. The molecule has 0 bridgehead atoms. The molecule has 0 spiro atoms. The predicted molar refractivity (Wildman–Crippen MR) is 83.0 cm³/mol. The Morgan fingerprint density at radius 1 is 1.21 bits per heavy atom. The molecule has 1 aromatic rings. The molecule has 19 heavy (non-hydrogen) atoms. The van der Waals surface area contributed by atoms with Crippen molar-refractivity contribution in [3.05, 3.63) is 34.3 Å². The van der Waals surface area contributed by atoms with E-state index in [0.29, 0.717) is 12.0 Å². The summed E-state index contributed by atoms with van der Waals surface area (Å²) in [5.74, 6) is 0.609. The van der Waals surface area contributed by atoms with Crippen molar-refractivity contribution in [2.24, 2.45) is 11.7 Å².